The van der Waals surface area contributed by atoms with Gasteiger partial charge in [-0.15, -0.1) is 0 Å². The van der Waals surface area contributed by atoms with Gasteiger partial charge in [0.2, 0.25) is 0 Å². The van der Waals surface area contributed by atoms with Crippen LogP contribution in [0.15, 0.2) is 42.5 Å². The van der Waals surface area contributed by atoms with E-state index in [1.807, 2.05) is 31.2 Å². The van der Waals surface area contributed by atoms with Gasteiger partial charge < -0.3 is 14.7 Å². The van der Waals surface area contributed by atoms with E-state index in [4.69, 9.17) is 4.74 Å². The first-order valence-electron chi connectivity index (χ1n) is 8.37. The van der Waals surface area contributed by atoms with Crippen molar-refractivity contribution in [1.29, 1.82) is 0 Å². The summed E-state index contributed by atoms with van der Waals surface area (Å²) in [7, 11) is 0. The number of benzene rings is 2. The maximum atomic E-state index is 12.8. The van der Waals surface area contributed by atoms with Gasteiger partial charge in [0.25, 0.3) is 5.91 Å². The Morgan fingerprint density at radius 3 is 2.72 bits per heavy atom. The second-order valence-corrected chi connectivity index (χ2v) is 6.29. The van der Waals surface area contributed by atoms with Crippen LogP contribution in [0, 0.1) is 6.92 Å². The summed E-state index contributed by atoms with van der Waals surface area (Å²) < 4.78 is 5.30. The van der Waals surface area contributed by atoms with Gasteiger partial charge in [-0.1, -0.05) is 24.3 Å². The van der Waals surface area contributed by atoms with E-state index in [1.165, 1.54) is 12.1 Å². The fourth-order valence-electron chi connectivity index (χ4n) is 3.07. The van der Waals surface area contributed by atoms with Crippen LogP contribution in [-0.2, 0) is 16.0 Å². The molecule has 2 aromatic rings. The number of phenols is 1. The van der Waals surface area contributed by atoms with Gasteiger partial charge in [-0.3, -0.25) is 4.79 Å². The molecule has 0 saturated heterocycles. The summed E-state index contributed by atoms with van der Waals surface area (Å²) in [6.45, 7) is 3.98. The fraction of sp³-hybridized carbons (Fsp3) is 0.300. The highest BCUT2D eigenvalue weighted by Gasteiger charge is 2.29. The molecule has 0 saturated carbocycles. The van der Waals surface area contributed by atoms with E-state index in [-0.39, 0.29) is 17.2 Å². The highest BCUT2D eigenvalue weighted by molar-refractivity contribution is 6.00. The van der Waals surface area contributed by atoms with Crippen LogP contribution >= 0.6 is 0 Å². The van der Waals surface area contributed by atoms with Crippen LogP contribution in [0.25, 0.3) is 0 Å². The van der Waals surface area contributed by atoms with Crippen LogP contribution in [0.5, 0.6) is 5.75 Å². The van der Waals surface area contributed by atoms with E-state index < -0.39 is 12.1 Å². The minimum Gasteiger partial charge on any atom is -0.507 e. The number of amides is 1. The molecular formula is C20H21NO4. The van der Waals surface area contributed by atoms with E-state index in [0.29, 0.717) is 6.54 Å². The highest BCUT2D eigenvalue weighted by atomic mass is 16.5. The summed E-state index contributed by atoms with van der Waals surface area (Å²) in [5.41, 5.74) is 2.89. The molecule has 1 aliphatic heterocycles. The maximum absolute atomic E-state index is 12.8. The second kappa shape index (κ2) is 6.97. The number of rotatable bonds is 3. The van der Waals surface area contributed by atoms with Gasteiger partial charge >= 0.3 is 5.97 Å². The lowest BCUT2D eigenvalue weighted by molar-refractivity contribution is -0.126. The largest absolute Gasteiger partial charge is 0.507 e. The minimum atomic E-state index is -0.931. The lowest BCUT2D eigenvalue weighted by Gasteiger charge is -2.31. The summed E-state index contributed by atoms with van der Waals surface area (Å²) in [5, 5.41) is 9.90. The van der Waals surface area contributed by atoms with E-state index in [0.717, 1.165) is 29.7 Å². The van der Waals surface area contributed by atoms with Crippen LogP contribution in [0.1, 0.15) is 34.8 Å². The lowest BCUT2D eigenvalue weighted by atomic mass is 10.0. The first-order valence-corrected chi connectivity index (χ1v) is 8.37. The summed E-state index contributed by atoms with van der Waals surface area (Å²) >= 11 is 0. The van der Waals surface area contributed by atoms with Gasteiger partial charge in [0, 0.05) is 12.2 Å². The van der Waals surface area contributed by atoms with E-state index in [1.54, 1.807) is 17.9 Å². The molecule has 3 rings (SSSR count). The quantitative estimate of drug-likeness (QED) is 0.872. The van der Waals surface area contributed by atoms with Crippen LogP contribution in [0.3, 0.4) is 0 Å². The number of phenolic OH excluding ortho intramolecular Hbond substituents is 1. The number of esters is 1. The van der Waals surface area contributed by atoms with Crippen molar-refractivity contribution in [3.63, 3.8) is 0 Å². The van der Waals surface area contributed by atoms with E-state index in [2.05, 4.69) is 0 Å². The number of aryl methyl sites for hydroxylation is 2. The van der Waals surface area contributed by atoms with Crippen molar-refractivity contribution < 1.29 is 19.4 Å². The third-order valence-corrected chi connectivity index (χ3v) is 4.38. The van der Waals surface area contributed by atoms with Crippen LogP contribution in [0.4, 0.5) is 5.69 Å². The molecular weight excluding hydrogens is 318 g/mol. The van der Waals surface area contributed by atoms with Crippen LogP contribution < -0.4 is 4.90 Å². The molecule has 25 heavy (non-hydrogen) atoms. The Kier molecular flexibility index (Phi) is 4.74. The number of hydrogen-bond acceptors (Lipinski definition) is 4. The number of nitrogens with zero attached hydrogens (tertiary/aromatic N) is 1. The zero-order valence-corrected chi connectivity index (χ0v) is 14.4. The molecule has 1 unspecified atom stereocenters. The lowest BCUT2D eigenvalue weighted by Crippen LogP contribution is -2.42. The first kappa shape index (κ1) is 17.0. The molecule has 0 bridgehead atoms. The summed E-state index contributed by atoms with van der Waals surface area (Å²) in [5.74, 6) is -1.11. The van der Waals surface area contributed by atoms with Crippen molar-refractivity contribution in [1.82, 2.24) is 0 Å². The highest BCUT2D eigenvalue weighted by Crippen LogP contribution is 2.28. The van der Waals surface area contributed by atoms with Crippen molar-refractivity contribution in [2.24, 2.45) is 0 Å². The molecule has 1 N–H and O–H groups in total. The zero-order chi connectivity index (χ0) is 18.0. The first-order chi connectivity index (χ1) is 12.0. The number of aromatic hydroxyl groups is 1. The predicted octanol–water partition coefficient (Wildman–Crippen LogP) is 3.23. The average Bonchev–Trinajstić information content (AvgIpc) is 2.60. The van der Waals surface area contributed by atoms with E-state index in [9.17, 15) is 14.7 Å². The third kappa shape index (κ3) is 3.50. The second-order valence-electron chi connectivity index (χ2n) is 6.29. The Morgan fingerprint density at radius 2 is 1.96 bits per heavy atom. The van der Waals surface area contributed by atoms with Gasteiger partial charge in [-0.2, -0.15) is 0 Å². The molecule has 1 heterocycles. The summed E-state index contributed by atoms with van der Waals surface area (Å²) in [6, 6.07) is 12.5. The number of hydrogen-bond donors (Lipinski definition) is 1. The smallest absolute Gasteiger partial charge is 0.342 e. The Balaban J connectivity index is 1.74. The maximum Gasteiger partial charge on any atom is 0.342 e. The molecule has 1 aliphatic rings. The number of anilines is 1. The summed E-state index contributed by atoms with van der Waals surface area (Å²) in [4.78, 5) is 26.7. The molecule has 0 spiro atoms. The van der Waals surface area contributed by atoms with Crippen LogP contribution in [0.2, 0.25) is 0 Å². The average molecular weight is 339 g/mol. The van der Waals surface area contributed by atoms with Gasteiger partial charge in [-0.05, 0) is 56.0 Å². The summed E-state index contributed by atoms with van der Waals surface area (Å²) in [6.07, 6.45) is 0.882. The minimum absolute atomic E-state index is 0.0595. The number of fused-ring (bicyclic) bond motifs is 1. The Labute approximate surface area is 146 Å². The number of ether oxygens (including phenoxy) is 1. The Morgan fingerprint density at radius 1 is 1.20 bits per heavy atom. The molecule has 5 nitrogen and oxygen atoms in total. The molecule has 0 fully saturated rings. The Bertz CT molecular complexity index is 815. The number of para-hydroxylation sites is 1. The normalized spacial score (nSPS) is 14.6. The molecule has 0 aromatic heterocycles. The predicted molar refractivity (Wildman–Crippen MR) is 94.8 cm³/mol. The van der Waals surface area contributed by atoms with Crippen molar-refractivity contribution in [3.05, 3.63) is 59.2 Å². The van der Waals surface area contributed by atoms with Crippen molar-refractivity contribution in [2.45, 2.75) is 32.8 Å². The van der Waals surface area contributed by atoms with Gasteiger partial charge in [0.15, 0.2) is 6.10 Å². The number of carbonyl (C=O) groups excluding carboxylic acids is 2. The molecule has 0 radical (unpaired) electrons. The van der Waals surface area contributed by atoms with Crippen molar-refractivity contribution in [3.8, 4) is 5.75 Å². The fourth-order valence-corrected chi connectivity index (χ4v) is 3.07. The standard InChI is InChI=1S/C20H21NO4/c1-13-9-10-16(18(22)12-13)20(24)25-14(2)19(23)21-11-5-7-15-6-3-4-8-17(15)21/h3-4,6,8-10,12,14,22H,5,7,11H2,1-2H3. The zero-order valence-electron chi connectivity index (χ0n) is 14.4. The molecule has 1 amide bonds. The molecule has 1 atom stereocenters. The van der Waals surface area contributed by atoms with Crippen molar-refractivity contribution >= 4 is 17.6 Å². The van der Waals surface area contributed by atoms with Crippen molar-refractivity contribution in [2.75, 3.05) is 11.4 Å². The van der Waals surface area contributed by atoms with E-state index >= 15 is 0 Å². The molecule has 2 aromatic carbocycles. The third-order valence-electron chi connectivity index (χ3n) is 4.38. The van der Waals surface area contributed by atoms with Gasteiger partial charge in [0.1, 0.15) is 11.3 Å². The molecule has 0 aliphatic carbocycles. The van der Waals surface area contributed by atoms with Gasteiger partial charge in [0.05, 0.1) is 0 Å². The molecule has 130 valence electrons. The van der Waals surface area contributed by atoms with Gasteiger partial charge in [-0.25, -0.2) is 4.79 Å². The SMILES string of the molecule is Cc1ccc(C(=O)OC(C)C(=O)N2CCCc3ccccc32)c(O)c1. The van der Waals surface area contributed by atoms with Crippen LogP contribution in [-0.4, -0.2) is 29.6 Å². The number of carbonyl (C=O) groups is 2. The monoisotopic (exact) mass is 339 g/mol. The Hall–Kier alpha value is -2.82. The molecule has 5 heteroatoms. The topological polar surface area (TPSA) is 66.8 Å².